The standard InChI is InChI=1S/C10H10N2O2S/c1-6-5-7(2)12-9(15-4-3-11)8(6)10(13)14/h5H,4H2,1-2H3,(H,13,14). The Morgan fingerprint density at radius 3 is 2.87 bits per heavy atom. The third-order valence-corrected chi connectivity index (χ3v) is 2.64. The van der Waals surface area contributed by atoms with Crippen LogP contribution >= 0.6 is 11.8 Å². The lowest BCUT2D eigenvalue weighted by Gasteiger charge is -2.07. The van der Waals surface area contributed by atoms with E-state index in [-0.39, 0.29) is 11.3 Å². The molecule has 0 fully saturated rings. The van der Waals surface area contributed by atoms with Crippen LogP contribution in [0, 0.1) is 25.2 Å². The maximum Gasteiger partial charge on any atom is 0.338 e. The predicted octanol–water partition coefficient (Wildman–Crippen LogP) is 2.01. The van der Waals surface area contributed by atoms with Crippen molar-refractivity contribution in [2.75, 3.05) is 5.75 Å². The van der Waals surface area contributed by atoms with Crippen LogP contribution in [0.1, 0.15) is 21.6 Å². The first-order chi connectivity index (χ1) is 7.06. The fourth-order valence-electron chi connectivity index (χ4n) is 1.27. The number of nitriles is 1. The van der Waals surface area contributed by atoms with Crippen LogP contribution in [0.25, 0.3) is 0 Å². The zero-order valence-electron chi connectivity index (χ0n) is 8.44. The van der Waals surface area contributed by atoms with Crippen molar-refractivity contribution >= 4 is 17.7 Å². The number of carbonyl (C=O) groups is 1. The molecule has 1 N–H and O–H groups in total. The molecule has 1 rings (SSSR count). The van der Waals surface area contributed by atoms with E-state index in [9.17, 15) is 4.79 Å². The molecule has 0 saturated carbocycles. The van der Waals surface area contributed by atoms with Gasteiger partial charge < -0.3 is 5.11 Å². The molecule has 0 aromatic carbocycles. The van der Waals surface area contributed by atoms with E-state index < -0.39 is 5.97 Å². The Kier molecular flexibility index (Phi) is 3.69. The molecule has 1 aromatic rings. The molecule has 0 atom stereocenters. The minimum absolute atomic E-state index is 0.195. The van der Waals surface area contributed by atoms with Crippen LogP contribution in [0.5, 0.6) is 0 Å². The smallest absolute Gasteiger partial charge is 0.338 e. The summed E-state index contributed by atoms with van der Waals surface area (Å²) in [6.45, 7) is 3.53. The van der Waals surface area contributed by atoms with Crippen LogP contribution in [0.15, 0.2) is 11.1 Å². The molecule has 15 heavy (non-hydrogen) atoms. The number of nitrogens with zero attached hydrogens (tertiary/aromatic N) is 2. The van der Waals surface area contributed by atoms with Gasteiger partial charge in [-0.05, 0) is 25.5 Å². The number of aromatic carboxylic acids is 1. The number of aryl methyl sites for hydroxylation is 2. The highest BCUT2D eigenvalue weighted by Crippen LogP contribution is 2.23. The number of thioether (sulfide) groups is 1. The van der Waals surface area contributed by atoms with Gasteiger partial charge in [0.15, 0.2) is 0 Å². The average Bonchev–Trinajstić information content (AvgIpc) is 2.12. The summed E-state index contributed by atoms with van der Waals surface area (Å²) in [5.74, 6) is -0.795. The second-order valence-corrected chi connectivity index (χ2v) is 3.98. The van der Waals surface area contributed by atoms with E-state index in [2.05, 4.69) is 4.98 Å². The number of hydrogen-bond acceptors (Lipinski definition) is 4. The van der Waals surface area contributed by atoms with Crippen molar-refractivity contribution in [1.29, 1.82) is 5.26 Å². The van der Waals surface area contributed by atoms with E-state index in [4.69, 9.17) is 10.4 Å². The van der Waals surface area contributed by atoms with Crippen LogP contribution in [-0.4, -0.2) is 21.8 Å². The lowest BCUT2D eigenvalue weighted by Crippen LogP contribution is -2.05. The Bertz CT molecular complexity index is 438. The maximum absolute atomic E-state index is 11.0. The highest BCUT2D eigenvalue weighted by molar-refractivity contribution is 7.99. The van der Waals surface area contributed by atoms with Gasteiger partial charge in [-0.1, -0.05) is 11.8 Å². The Hall–Kier alpha value is -1.54. The molecular formula is C10H10N2O2S. The first-order valence-electron chi connectivity index (χ1n) is 4.27. The van der Waals surface area contributed by atoms with Crippen LogP contribution < -0.4 is 0 Å². The van der Waals surface area contributed by atoms with Gasteiger partial charge in [-0.15, -0.1) is 0 Å². The number of aromatic nitrogens is 1. The minimum Gasteiger partial charge on any atom is -0.478 e. The minimum atomic E-state index is -1.000. The number of carboxylic acid groups (broad SMARTS) is 1. The number of rotatable bonds is 3. The van der Waals surface area contributed by atoms with Crippen molar-refractivity contribution in [1.82, 2.24) is 4.98 Å². The second-order valence-electron chi connectivity index (χ2n) is 3.01. The van der Waals surface area contributed by atoms with Crippen molar-refractivity contribution in [3.8, 4) is 6.07 Å². The van der Waals surface area contributed by atoms with Gasteiger partial charge in [0.05, 0.1) is 17.4 Å². The highest BCUT2D eigenvalue weighted by Gasteiger charge is 2.15. The molecule has 0 aliphatic carbocycles. The van der Waals surface area contributed by atoms with E-state index >= 15 is 0 Å². The Morgan fingerprint density at radius 2 is 2.33 bits per heavy atom. The van der Waals surface area contributed by atoms with E-state index in [1.807, 2.05) is 6.07 Å². The molecular weight excluding hydrogens is 212 g/mol. The zero-order chi connectivity index (χ0) is 11.4. The fourth-order valence-corrected chi connectivity index (χ4v) is 2.07. The number of carboxylic acids is 1. The molecule has 4 nitrogen and oxygen atoms in total. The lowest BCUT2D eigenvalue weighted by atomic mass is 10.1. The van der Waals surface area contributed by atoms with Gasteiger partial charge >= 0.3 is 5.97 Å². The summed E-state index contributed by atoms with van der Waals surface area (Å²) in [5.41, 5.74) is 1.63. The van der Waals surface area contributed by atoms with Crippen molar-refractivity contribution in [2.24, 2.45) is 0 Å². The molecule has 0 aliphatic heterocycles. The summed E-state index contributed by atoms with van der Waals surface area (Å²) < 4.78 is 0. The van der Waals surface area contributed by atoms with Crippen molar-refractivity contribution < 1.29 is 9.90 Å². The average molecular weight is 222 g/mol. The molecule has 0 aliphatic rings. The topological polar surface area (TPSA) is 74.0 Å². The highest BCUT2D eigenvalue weighted by atomic mass is 32.2. The first kappa shape index (κ1) is 11.5. The molecule has 0 saturated heterocycles. The van der Waals surface area contributed by atoms with Crippen molar-refractivity contribution in [2.45, 2.75) is 18.9 Å². The van der Waals surface area contributed by atoms with E-state index in [0.717, 1.165) is 17.5 Å². The van der Waals surface area contributed by atoms with Gasteiger partial charge in [0, 0.05) is 5.69 Å². The van der Waals surface area contributed by atoms with E-state index in [1.54, 1.807) is 19.9 Å². The summed E-state index contributed by atoms with van der Waals surface area (Å²) in [6.07, 6.45) is 0. The van der Waals surface area contributed by atoms with Crippen LogP contribution in [0.4, 0.5) is 0 Å². The van der Waals surface area contributed by atoms with Gasteiger partial charge in [0.1, 0.15) is 5.03 Å². The van der Waals surface area contributed by atoms with E-state index in [0.29, 0.717) is 10.6 Å². The van der Waals surface area contributed by atoms with Gasteiger partial charge in [-0.3, -0.25) is 0 Å². The van der Waals surface area contributed by atoms with Crippen LogP contribution in [-0.2, 0) is 0 Å². The van der Waals surface area contributed by atoms with Gasteiger partial charge in [0.25, 0.3) is 0 Å². The Balaban J connectivity index is 3.22. The molecule has 0 amide bonds. The predicted molar refractivity (Wildman–Crippen MR) is 57.0 cm³/mol. The van der Waals surface area contributed by atoms with Gasteiger partial charge in [-0.2, -0.15) is 5.26 Å². The molecule has 1 aromatic heterocycles. The van der Waals surface area contributed by atoms with Crippen LogP contribution in [0.2, 0.25) is 0 Å². The Morgan fingerprint density at radius 1 is 1.67 bits per heavy atom. The summed E-state index contributed by atoms with van der Waals surface area (Å²) in [6, 6.07) is 3.67. The molecule has 0 radical (unpaired) electrons. The first-order valence-corrected chi connectivity index (χ1v) is 5.26. The summed E-state index contributed by atoms with van der Waals surface area (Å²) in [5, 5.41) is 17.9. The molecule has 5 heteroatoms. The molecule has 78 valence electrons. The lowest BCUT2D eigenvalue weighted by molar-refractivity contribution is 0.0691. The second kappa shape index (κ2) is 4.80. The molecule has 0 bridgehead atoms. The zero-order valence-corrected chi connectivity index (χ0v) is 9.26. The monoisotopic (exact) mass is 222 g/mol. The van der Waals surface area contributed by atoms with Gasteiger partial charge in [-0.25, -0.2) is 9.78 Å². The van der Waals surface area contributed by atoms with Crippen LogP contribution in [0.3, 0.4) is 0 Å². The fraction of sp³-hybridized carbons (Fsp3) is 0.300. The molecule has 0 spiro atoms. The van der Waals surface area contributed by atoms with Crippen molar-refractivity contribution in [3.63, 3.8) is 0 Å². The summed E-state index contributed by atoms with van der Waals surface area (Å²) in [7, 11) is 0. The SMILES string of the molecule is Cc1cc(C)c(C(=O)O)c(SCC#N)n1. The number of pyridine rings is 1. The third kappa shape index (κ3) is 2.70. The molecule has 0 unspecified atom stereocenters. The summed E-state index contributed by atoms with van der Waals surface area (Å²) >= 11 is 1.15. The summed E-state index contributed by atoms with van der Waals surface area (Å²) in [4.78, 5) is 15.1. The normalized spacial score (nSPS) is 9.67. The maximum atomic E-state index is 11.0. The molecule has 1 heterocycles. The van der Waals surface area contributed by atoms with Gasteiger partial charge in [0.2, 0.25) is 0 Å². The number of hydrogen-bond donors (Lipinski definition) is 1. The Labute approximate surface area is 91.9 Å². The quantitative estimate of drug-likeness (QED) is 0.792. The van der Waals surface area contributed by atoms with Crippen molar-refractivity contribution in [3.05, 3.63) is 22.9 Å². The largest absolute Gasteiger partial charge is 0.478 e. The van der Waals surface area contributed by atoms with E-state index in [1.165, 1.54) is 0 Å². The third-order valence-electron chi connectivity index (χ3n) is 1.80.